The standard InChI is InChI=1S/C19H12F3N5O3/c1-30-18-25-11(9-27-15(28)12-4-2-3-5-13(12)16(27)29)6-14(26-18)10-7-23-17(24-8-10)19(20,21)22/h2-8H,9H2,1H3. The fourth-order valence-corrected chi connectivity index (χ4v) is 2.94. The van der Waals surface area contributed by atoms with E-state index in [4.69, 9.17) is 4.74 Å². The molecule has 0 atom stereocenters. The third kappa shape index (κ3) is 3.45. The van der Waals surface area contributed by atoms with Crippen molar-refractivity contribution in [2.45, 2.75) is 12.7 Å². The Hall–Kier alpha value is -3.89. The lowest BCUT2D eigenvalue weighted by Crippen LogP contribution is -2.29. The number of halogens is 3. The van der Waals surface area contributed by atoms with Crippen molar-refractivity contribution in [2.24, 2.45) is 0 Å². The minimum absolute atomic E-state index is 0.0843. The Morgan fingerprint density at radius 3 is 2.13 bits per heavy atom. The van der Waals surface area contributed by atoms with E-state index in [1.807, 2.05) is 0 Å². The Labute approximate surface area is 167 Å². The van der Waals surface area contributed by atoms with Gasteiger partial charge in [-0.2, -0.15) is 23.1 Å². The lowest BCUT2D eigenvalue weighted by atomic mass is 10.1. The predicted molar refractivity (Wildman–Crippen MR) is 95.3 cm³/mol. The third-order valence-electron chi connectivity index (χ3n) is 4.34. The maximum Gasteiger partial charge on any atom is 0.451 e. The Morgan fingerprint density at radius 1 is 1.00 bits per heavy atom. The number of hydrogen-bond acceptors (Lipinski definition) is 7. The fraction of sp³-hybridized carbons (Fsp3) is 0.158. The Kier molecular flexibility index (Phi) is 4.65. The summed E-state index contributed by atoms with van der Waals surface area (Å²) >= 11 is 0. The van der Waals surface area contributed by atoms with Crippen molar-refractivity contribution in [3.05, 3.63) is 65.4 Å². The number of carbonyl (C=O) groups excluding carboxylic acids is 2. The highest BCUT2D eigenvalue weighted by atomic mass is 19.4. The average Bonchev–Trinajstić information content (AvgIpc) is 2.98. The quantitative estimate of drug-likeness (QED) is 0.605. The molecule has 1 aliphatic heterocycles. The summed E-state index contributed by atoms with van der Waals surface area (Å²) in [7, 11) is 1.31. The summed E-state index contributed by atoms with van der Waals surface area (Å²) in [5.41, 5.74) is 1.21. The van der Waals surface area contributed by atoms with Crippen LogP contribution in [0.5, 0.6) is 6.01 Å². The number of rotatable bonds is 4. The molecule has 30 heavy (non-hydrogen) atoms. The van der Waals surface area contributed by atoms with Crippen molar-refractivity contribution in [3.63, 3.8) is 0 Å². The summed E-state index contributed by atoms with van der Waals surface area (Å²) in [5.74, 6) is -2.21. The van der Waals surface area contributed by atoms with Gasteiger partial charge in [0.2, 0.25) is 5.82 Å². The van der Waals surface area contributed by atoms with Crippen molar-refractivity contribution >= 4 is 11.8 Å². The molecule has 1 aliphatic rings. The molecule has 0 bridgehead atoms. The monoisotopic (exact) mass is 415 g/mol. The van der Waals surface area contributed by atoms with Crippen molar-refractivity contribution in [1.29, 1.82) is 0 Å². The zero-order valence-electron chi connectivity index (χ0n) is 15.3. The van der Waals surface area contributed by atoms with Crippen molar-refractivity contribution in [3.8, 4) is 17.3 Å². The van der Waals surface area contributed by atoms with Crippen LogP contribution in [0.1, 0.15) is 32.2 Å². The van der Waals surface area contributed by atoms with Crippen LogP contribution in [-0.2, 0) is 12.7 Å². The zero-order valence-corrected chi connectivity index (χ0v) is 15.3. The van der Waals surface area contributed by atoms with E-state index in [1.54, 1.807) is 24.3 Å². The zero-order chi connectivity index (χ0) is 21.5. The molecular formula is C19H12F3N5O3. The van der Waals surface area contributed by atoms with Crippen LogP contribution in [-0.4, -0.2) is 43.8 Å². The molecule has 4 rings (SSSR count). The van der Waals surface area contributed by atoms with Gasteiger partial charge in [-0.3, -0.25) is 14.5 Å². The van der Waals surface area contributed by atoms with Crippen LogP contribution in [0.2, 0.25) is 0 Å². The molecule has 0 N–H and O–H groups in total. The van der Waals surface area contributed by atoms with Crippen LogP contribution in [0.4, 0.5) is 13.2 Å². The number of alkyl halides is 3. The van der Waals surface area contributed by atoms with Crippen LogP contribution >= 0.6 is 0 Å². The molecule has 152 valence electrons. The number of aromatic nitrogens is 4. The van der Waals surface area contributed by atoms with Crippen LogP contribution < -0.4 is 4.74 Å². The van der Waals surface area contributed by atoms with Crippen molar-refractivity contribution in [1.82, 2.24) is 24.8 Å². The molecule has 0 spiro atoms. The number of ether oxygens (including phenoxy) is 1. The number of fused-ring (bicyclic) bond motifs is 1. The summed E-state index contributed by atoms with van der Waals surface area (Å²) in [6, 6.07) is 7.77. The van der Waals surface area contributed by atoms with Gasteiger partial charge in [-0.15, -0.1) is 0 Å². The van der Waals surface area contributed by atoms with E-state index in [2.05, 4.69) is 19.9 Å². The van der Waals surface area contributed by atoms with Crippen LogP contribution in [0, 0.1) is 0 Å². The van der Waals surface area contributed by atoms with Gasteiger partial charge in [0.1, 0.15) is 0 Å². The van der Waals surface area contributed by atoms with E-state index in [-0.39, 0.29) is 29.5 Å². The number of amides is 2. The Balaban J connectivity index is 1.66. The molecule has 11 heteroatoms. The van der Waals surface area contributed by atoms with Gasteiger partial charge in [-0.1, -0.05) is 12.1 Å². The fourth-order valence-electron chi connectivity index (χ4n) is 2.94. The largest absolute Gasteiger partial charge is 0.467 e. The molecule has 0 fully saturated rings. The number of benzene rings is 1. The van der Waals surface area contributed by atoms with Crippen molar-refractivity contribution < 1.29 is 27.5 Å². The maximum absolute atomic E-state index is 12.7. The smallest absolute Gasteiger partial charge is 0.451 e. The van der Waals surface area contributed by atoms with E-state index >= 15 is 0 Å². The second-order valence-corrected chi connectivity index (χ2v) is 6.27. The normalized spacial score (nSPS) is 13.5. The first-order chi connectivity index (χ1) is 14.3. The SMILES string of the molecule is COc1nc(CN2C(=O)c3ccccc3C2=O)cc(-c2cnc(C(F)(F)F)nc2)n1. The van der Waals surface area contributed by atoms with Gasteiger partial charge in [-0.05, 0) is 18.2 Å². The van der Waals surface area contributed by atoms with E-state index in [9.17, 15) is 22.8 Å². The van der Waals surface area contributed by atoms with Gasteiger partial charge >= 0.3 is 12.2 Å². The highest BCUT2D eigenvalue weighted by molar-refractivity contribution is 6.21. The number of hydrogen-bond donors (Lipinski definition) is 0. The summed E-state index contributed by atoms with van der Waals surface area (Å²) in [6.07, 6.45) is -2.72. The first-order valence-corrected chi connectivity index (χ1v) is 8.54. The molecule has 0 radical (unpaired) electrons. The first-order valence-electron chi connectivity index (χ1n) is 8.54. The minimum Gasteiger partial charge on any atom is -0.467 e. The van der Waals surface area contributed by atoms with E-state index in [0.29, 0.717) is 11.1 Å². The number of carbonyl (C=O) groups is 2. The molecule has 8 nitrogen and oxygen atoms in total. The van der Waals surface area contributed by atoms with E-state index in [0.717, 1.165) is 17.3 Å². The molecule has 0 saturated heterocycles. The number of methoxy groups -OCH3 is 1. The second kappa shape index (κ2) is 7.17. The lowest BCUT2D eigenvalue weighted by Gasteiger charge is -2.14. The van der Waals surface area contributed by atoms with Crippen LogP contribution in [0.15, 0.2) is 42.7 Å². The van der Waals surface area contributed by atoms with E-state index < -0.39 is 23.8 Å². The maximum atomic E-state index is 12.7. The minimum atomic E-state index is -4.67. The first kappa shape index (κ1) is 19.4. The summed E-state index contributed by atoms with van der Waals surface area (Å²) in [6.45, 7) is -0.167. The molecular weight excluding hydrogens is 403 g/mol. The van der Waals surface area contributed by atoms with Gasteiger partial charge in [0.05, 0.1) is 36.2 Å². The van der Waals surface area contributed by atoms with Gasteiger partial charge < -0.3 is 4.74 Å². The van der Waals surface area contributed by atoms with Gasteiger partial charge in [-0.25, -0.2) is 9.97 Å². The van der Waals surface area contributed by atoms with Gasteiger partial charge in [0.25, 0.3) is 11.8 Å². The number of imide groups is 1. The summed E-state index contributed by atoms with van der Waals surface area (Å²) in [5, 5.41) is 0. The molecule has 0 aliphatic carbocycles. The molecule has 0 unspecified atom stereocenters. The second-order valence-electron chi connectivity index (χ2n) is 6.27. The van der Waals surface area contributed by atoms with Gasteiger partial charge in [0, 0.05) is 18.0 Å². The summed E-state index contributed by atoms with van der Waals surface area (Å²) < 4.78 is 43.1. The predicted octanol–water partition coefficient (Wildman–Crippen LogP) is 2.76. The average molecular weight is 415 g/mol. The molecule has 1 aromatic carbocycles. The van der Waals surface area contributed by atoms with Crippen molar-refractivity contribution in [2.75, 3.05) is 7.11 Å². The lowest BCUT2D eigenvalue weighted by molar-refractivity contribution is -0.145. The van der Waals surface area contributed by atoms with Crippen LogP contribution in [0.25, 0.3) is 11.3 Å². The van der Waals surface area contributed by atoms with Gasteiger partial charge in [0.15, 0.2) is 0 Å². The molecule has 3 aromatic rings. The third-order valence-corrected chi connectivity index (χ3v) is 4.34. The highest BCUT2D eigenvalue weighted by Gasteiger charge is 2.36. The topological polar surface area (TPSA) is 98.2 Å². The molecule has 0 saturated carbocycles. The molecule has 3 heterocycles. The molecule has 2 amide bonds. The molecule has 2 aromatic heterocycles. The van der Waals surface area contributed by atoms with E-state index in [1.165, 1.54) is 13.2 Å². The number of nitrogens with zero attached hydrogens (tertiary/aromatic N) is 5. The Bertz CT molecular complexity index is 1110. The summed E-state index contributed by atoms with van der Waals surface area (Å²) in [4.78, 5) is 41.0. The highest BCUT2D eigenvalue weighted by Crippen LogP contribution is 2.28. The van der Waals surface area contributed by atoms with Crippen LogP contribution in [0.3, 0.4) is 0 Å². The Morgan fingerprint density at radius 2 is 1.60 bits per heavy atom.